The van der Waals surface area contributed by atoms with E-state index in [1.807, 2.05) is 60.7 Å². The number of amides is 2. The SMILES string of the molecule is C=CCOC(=O)N1c2cc(OCc3ccccc3)c(OC)cc2C(=O)N2CCC(c3ccc(OC)cc3)=C[C@H]2C1O. The Morgan fingerprint density at radius 3 is 2.49 bits per heavy atom. The van der Waals surface area contributed by atoms with Gasteiger partial charge in [0.1, 0.15) is 19.0 Å². The zero-order valence-electron chi connectivity index (χ0n) is 23.0. The third kappa shape index (κ3) is 5.62. The molecule has 41 heavy (non-hydrogen) atoms. The molecule has 1 N–H and O–H groups in total. The first-order valence-electron chi connectivity index (χ1n) is 13.2. The first-order chi connectivity index (χ1) is 19.9. The van der Waals surface area contributed by atoms with Crippen LogP contribution in [-0.4, -0.2) is 61.6 Å². The summed E-state index contributed by atoms with van der Waals surface area (Å²) in [6.45, 7) is 4.11. The van der Waals surface area contributed by atoms with Gasteiger partial charge in [0.25, 0.3) is 5.91 Å². The second-order valence-electron chi connectivity index (χ2n) is 9.60. The molecular formula is C32H32N2O7. The second-order valence-corrected chi connectivity index (χ2v) is 9.60. The average molecular weight is 557 g/mol. The van der Waals surface area contributed by atoms with Crippen LogP contribution in [0.3, 0.4) is 0 Å². The third-order valence-corrected chi connectivity index (χ3v) is 7.18. The fourth-order valence-electron chi connectivity index (χ4n) is 5.08. The van der Waals surface area contributed by atoms with Crippen molar-refractivity contribution in [3.05, 3.63) is 102 Å². The molecule has 2 heterocycles. The van der Waals surface area contributed by atoms with Gasteiger partial charge in [-0.1, -0.05) is 61.2 Å². The van der Waals surface area contributed by atoms with E-state index < -0.39 is 18.4 Å². The molecule has 2 amide bonds. The smallest absolute Gasteiger partial charge is 0.416 e. The van der Waals surface area contributed by atoms with Gasteiger partial charge < -0.3 is 29.0 Å². The van der Waals surface area contributed by atoms with Crippen molar-refractivity contribution in [3.63, 3.8) is 0 Å². The Balaban J connectivity index is 1.57. The van der Waals surface area contributed by atoms with Gasteiger partial charge in [0, 0.05) is 12.6 Å². The van der Waals surface area contributed by atoms with E-state index in [9.17, 15) is 14.7 Å². The molecule has 0 radical (unpaired) electrons. The highest BCUT2D eigenvalue weighted by atomic mass is 16.6. The van der Waals surface area contributed by atoms with Crippen molar-refractivity contribution in [2.75, 3.05) is 32.3 Å². The maximum Gasteiger partial charge on any atom is 0.416 e. The van der Waals surface area contributed by atoms with Gasteiger partial charge in [-0.25, -0.2) is 9.69 Å². The number of aliphatic hydroxyl groups excluding tert-OH is 1. The Bertz CT molecular complexity index is 1450. The minimum absolute atomic E-state index is 0.0693. The van der Waals surface area contributed by atoms with Gasteiger partial charge in [-0.15, -0.1) is 0 Å². The molecule has 0 bridgehead atoms. The van der Waals surface area contributed by atoms with E-state index in [2.05, 4.69) is 6.58 Å². The fourth-order valence-corrected chi connectivity index (χ4v) is 5.08. The van der Waals surface area contributed by atoms with Crippen LogP contribution in [0.1, 0.15) is 27.9 Å². The van der Waals surface area contributed by atoms with E-state index in [1.54, 1.807) is 24.1 Å². The summed E-state index contributed by atoms with van der Waals surface area (Å²) in [5.41, 5.74) is 3.15. The lowest BCUT2D eigenvalue weighted by molar-refractivity contribution is 0.0476. The molecule has 0 spiro atoms. The number of carbonyl (C=O) groups is 2. The lowest BCUT2D eigenvalue weighted by Crippen LogP contribution is -2.54. The minimum atomic E-state index is -1.44. The summed E-state index contributed by atoms with van der Waals surface area (Å²) in [7, 11) is 3.09. The average Bonchev–Trinajstić information content (AvgIpc) is 3.10. The lowest BCUT2D eigenvalue weighted by Gasteiger charge is -2.37. The Morgan fingerprint density at radius 1 is 1.05 bits per heavy atom. The standard InChI is InChI=1S/C32H32N2O7/c1-4-16-40-32(37)34-26-19-29(41-20-21-8-6-5-7-9-21)28(39-3)18-25(26)30(35)33-15-14-23(17-27(33)31(34)36)22-10-12-24(38-2)13-11-22/h4-13,17-19,27,31,36H,1,14-16,20H2,2-3H3/t27-,31?/m0/s1. The van der Waals surface area contributed by atoms with Gasteiger partial charge >= 0.3 is 6.09 Å². The molecule has 0 fully saturated rings. The Kier molecular flexibility index (Phi) is 8.26. The number of fused-ring (bicyclic) bond motifs is 2. The highest BCUT2D eigenvalue weighted by Crippen LogP contribution is 2.41. The Labute approximate surface area is 238 Å². The largest absolute Gasteiger partial charge is 0.497 e. The van der Waals surface area contributed by atoms with Gasteiger partial charge in [0.15, 0.2) is 17.7 Å². The van der Waals surface area contributed by atoms with E-state index in [0.717, 1.165) is 27.3 Å². The third-order valence-electron chi connectivity index (χ3n) is 7.18. The molecule has 0 aliphatic carbocycles. The van der Waals surface area contributed by atoms with Crippen LogP contribution in [0.25, 0.3) is 5.57 Å². The lowest BCUT2D eigenvalue weighted by atomic mass is 9.94. The predicted octanol–water partition coefficient (Wildman–Crippen LogP) is 5.04. The van der Waals surface area contributed by atoms with Crippen LogP contribution >= 0.6 is 0 Å². The van der Waals surface area contributed by atoms with E-state index in [1.165, 1.54) is 13.2 Å². The highest BCUT2D eigenvalue weighted by Gasteiger charge is 2.44. The number of nitrogens with zero attached hydrogens (tertiary/aromatic N) is 2. The van der Waals surface area contributed by atoms with Crippen LogP contribution in [0.15, 0.2) is 85.5 Å². The van der Waals surface area contributed by atoms with E-state index in [4.69, 9.17) is 18.9 Å². The van der Waals surface area contributed by atoms with Crippen molar-refractivity contribution < 1.29 is 33.6 Å². The number of anilines is 1. The molecule has 0 aromatic heterocycles. The summed E-state index contributed by atoms with van der Waals surface area (Å²) < 4.78 is 22.3. The highest BCUT2D eigenvalue weighted by molar-refractivity contribution is 6.06. The van der Waals surface area contributed by atoms with Crippen LogP contribution in [0.5, 0.6) is 17.2 Å². The first kappa shape index (κ1) is 27.8. The van der Waals surface area contributed by atoms with Crippen molar-refractivity contribution in [2.45, 2.75) is 25.3 Å². The molecule has 212 valence electrons. The molecule has 9 heteroatoms. The number of benzene rings is 3. The van der Waals surface area contributed by atoms with Gasteiger partial charge in [-0.2, -0.15) is 0 Å². The van der Waals surface area contributed by atoms with Crippen LogP contribution < -0.4 is 19.1 Å². The fraction of sp³-hybridized carbons (Fsp3) is 0.250. The van der Waals surface area contributed by atoms with Crippen LogP contribution in [-0.2, 0) is 11.3 Å². The summed E-state index contributed by atoms with van der Waals surface area (Å²) in [6.07, 6.45) is 1.56. The molecule has 1 unspecified atom stereocenters. The molecular weight excluding hydrogens is 524 g/mol. The number of carbonyl (C=O) groups excluding carboxylic acids is 2. The molecule has 5 rings (SSSR count). The maximum absolute atomic E-state index is 14.0. The van der Waals surface area contributed by atoms with Gasteiger partial charge in [0.2, 0.25) is 0 Å². The number of hydrogen-bond donors (Lipinski definition) is 1. The van der Waals surface area contributed by atoms with Crippen molar-refractivity contribution in [1.29, 1.82) is 0 Å². The van der Waals surface area contributed by atoms with Crippen molar-refractivity contribution in [2.24, 2.45) is 0 Å². The predicted molar refractivity (Wildman–Crippen MR) is 154 cm³/mol. The number of hydrogen-bond acceptors (Lipinski definition) is 7. The molecule has 3 aromatic carbocycles. The number of aliphatic hydroxyl groups is 1. The summed E-state index contributed by atoms with van der Waals surface area (Å²) >= 11 is 0. The molecule has 2 aliphatic heterocycles. The van der Waals surface area contributed by atoms with E-state index in [0.29, 0.717) is 24.5 Å². The van der Waals surface area contributed by atoms with Gasteiger partial charge in [-0.05, 0) is 41.3 Å². The van der Waals surface area contributed by atoms with Gasteiger partial charge in [-0.3, -0.25) is 4.79 Å². The summed E-state index contributed by atoms with van der Waals surface area (Å²) in [5.74, 6) is 1.01. The molecule has 2 aliphatic rings. The second kappa shape index (κ2) is 12.2. The molecule has 9 nitrogen and oxygen atoms in total. The first-order valence-corrected chi connectivity index (χ1v) is 13.2. The Morgan fingerprint density at radius 2 is 1.80 bits per heavy atom. The van der Waals surface area contributed by atoms with Crippen molar-refractivity contribution >= 4 is 23.3 Å². The molecule has 3 aromatic rings. The van der Waals surface area contributed by atoms with Crippen LogP contribution in [0.2, 0.25) is 0 Å². The zero-order valence-corrected chi connectivity index (χ0v) is 23.0. The molecule has 0 saturated carbocycles. The topological polar surface area (TPSA) is 97.8 Å². The normalized spacial score (nSPS) is 17.9. The van der Waals surface area contributed by atoms with Crippen molar-refractivity contribution in [1.82, 2.24) is 4.90 Å². The number of ether oxygens (including phenoxy) is 4. The molecule has 2 atom stereocenters. The van der Waals surface area contributed by atoms with E-state index >= 15 is 0 Å². The minimum Gasteiger partial charge on any atom is -0.497 e. The summed E-state index contributed by atoms with van der Waals surface area (Å²) in [6, 6.07) is 19.4. The monoisotopic (exact) mass is 556 g/mol. The Hall–Kier alpha value is -4.76. The quantitative estimate of drug-likeness (QED) is 0.388. The van der Waals surface area contributed by atoms with Crippen LogP contribution in [0.4, 0.5) is 10.5 Å². The number of methoxy groups -OCH3 is 2. The molecule has 0 saturated heterocycles. The summed E-state index contributed by atoms with van der Waals surface area (Å²) in [5, 5.41) is 11.7. The summed E-state index contributed by atoms with van der Waals surface area (Å²) in [4.78, 5) is 30.0. The van der Waals surface area contributed by atoms with Gasteiger partial charge in [0.05, 0.1) is 31.5 Å². The zero-order chi connectivity index (χ0) is 28.9. The number of rotatable bonds is 8. The van der Waals surface area contributed by atoms with Crippen molar-refractivity contribution in [3.8, 4) is 17.2 Å². The van der Waals surface area contributed by atoms with Crippen LogP contribution in [0, 0.1) is 0 Å². The van der Waals surface area contributed by atoms with E-state index in [-0.39, 0.29) is 30.4 Å². The maximum atomic E-state index is 14.0.